The average Bonchev–Trinajstić information content (AvgIpc) is 3.22. The summed E-state index contributed by atoms with van der Waals surface area (Å²) in [4.78, 5) is 5.61. The number of hydrogen-bond acceptors (Lipinski definition) is 6. The fourth-order valence-corrected chi connectivity index (χ4v) is 3.75. The highest BCUT2D eigenvalue weighted by atomic mass is 32.2. The predicted octanol–water partition coefficient (Wildman–Crippen LogP) is 5.49. The van der Waals surface area contributed by atoms with Crippen molar-refractivity contribution in [2.75, 3.05) is 5.43 Å². The molecule has 0 saturated heterocycles. The number of para-hydroxylation sites is 1. The minimum Gasteiger partial charge on any atom is -0.448 e. The van der Waals surface area contributed by atoms with Crippen LogP contribution >= 0.6 is 23.1 Å². The molecule has 0 aliphatic heterocycles. The van der Waals surface area contributed by atoms with Crippen LogP contribution in [0.2, 0.25) is 0 Å². The number of benzene rings is 2. The van der Waals surface area contributed by atoms with Crippen LogP contribution in [-0.2, 0) is 0 Å². The first-order chi connectivity index (χ1) is 11.9. The standard InChI is InChI=1S/C18H13N3OS2/c1-2-6-14(7-3-1)23-17-11-10-13(22-17)12-19-21-18-20-15-8-4-5-9-16(15)24-18/h1-12H,(H,20,21)/b19-12+. The van der Waals surface area contributed by atoms with Gasteiger partial charge in [-0.25, -0.2) is 4.98 Å². The summed E-state index contributed by atoms with van der Waals surface area (Å²) in [5.74, 6) is 0.696. The molecular weight excluding hydrogens is 338 g/mol. The van der Waals surface area contributed by atoms with Gasteiger partial charge in [0.1, 0.15) is 5.76 Å². The van der Waals surface area contributed by atoms with E-state index in [1.54, 1.807) is 29.3 Å². The summed E-state index contributed by atoms with van der Waals surface area (Å²) in [6.45, 7) is 0. The third kappa shape index (κ3) is 3.50. The quantitative estimate of drug-likeness (QED) is 0.382. The zero-order chi connectivity index (χ0) is 16.2. The van der Waals surface area contributed by atoms with Crippen LogP contribution in [0, 0.1) is 0 Å². The Kier molecular flexibility index (Phi) is 4.31. The SMILES string of the molecule is C(=N\Nc1nc2ccccc2s1)/c1ccc(Sc2ccccc2)o1. The number of aromatic nitrogens is 1. The molecule has 0 radical (unpaired) electrons. The summed E-state index contributed by atoms with van der Waals surface area (Å²) < 4.78 is 6.88. The van der Waals surface area contributed by atoms with Gasteiger partial charge in [0.05, 0.1) is 16.4 Å². The maximum absolute atomic E-state index is 5.74. The largest absolute Gasteiger partial charge is 0.448 e. The highest BCUT2D eigenvalue weighted by Gasteiger charge is 2.03. The molecule has 2 aromatic carbocycles. The summed E-state index contributed by atoms with van der Waals surface area (Å²) >= 11 is 3.15. The zero-order valence-corrected chi connectivity index (χ0v) is 14.2. The van der Waals surface area contributed by atoms with E-state index in [2.05, 4.69) is 27.6 Å². The summed E-state index contributed by atoms with van der Waals surface area (Å²) in [6, 6.07) is 22.0. The van der Waals surface area contributed by atoms with Gasteiger partial charge in [-0.2, -0.15) is 5.10 Å². The van der Waals surface area contributed by atoms with Gasteiger partial charge in [0.15, 0.2) is 5.09 Å². The molecule has 2 heterocycles. The second kappa shape index (κ2) is 6.90. The van der Waals surface area contributed by atoms with E-state index in [-0.39, 0.29) is 0 Å². The molecule has 4 nitrogen and oxygen atoms in total. The number of hydrazone groups is 1. The fraction of sp³-hybridized carbons (Fsp3) is 0. The van der Waals surface area contributed by atoms with Crippen LogP contribution in [0.15, 0.2) is 86.2 Å². The van der Waals surface area contributed by atoms with E-state index < -0.39 is 0 Å². The lowest BCUT2D eigenvalue weighted by atomic mass is 10.3. The first-order valence-electron chi connectivity index (χ1n) is 7.34. The molecule has 24 heavy (non-hydrogen) atoms. The van der Waals surface area contributed by atoms with Crippen LogP contribution in [0.1, 0.15) is 5.76 Å². The third-order valence-corrected chi connectivity index (χ3v) is 5.08. The van der Waals surface area contributed by atoms with Gasteiger partial charge in [-0.3, -0.25) is 5.43 Å². The molecule has 0 amide bonds. The van der Waals surface area contributed by atoms with Crippen LogP contribution in [0.3, 0.4) is 0 Å². The Morgan fingerprint density at radius 2 is 1.83 bits per heavy atom. The Hall–Kier alpha value is -2.57. The maximum atomic E-state index is 5.74. The highest BCUT2D eigenvalue weighted by molar-refractivity contribution is 7.99. The number of anilines is 1. The van der Waals surface area contributed by atoms with Crippen molar-refractivity contribution in [3.63, 3.8) is 0 Å². The molecule has 0 bridgehead atoms. The van der Waals surface area contributed by atoms with Crippen LogP contribution < -0.4 is 5.43 Å². The molecular formula is C18H13N3OS2. The normalized spacial score (nSPS) is 11.3. The maximum Gasteiger partial charge on any atom is 0.204 e. The van der Waals surface area contributed by atoms with E-state index >= 15 is 0 Å². The highest BCUT2D eigenvalue weighted by Crippen LogP contribution is 2.28. The molecule has 2 aromatic heterocycles. The molecule has 118 valence electrons. The van der Waals surface area contributed by atoms with E-state index in [4.69, 9.17) is 4.42 Å². The Morgan fingerprint density at radius 3 is 2.71 bits per heavy atom. The molecule has 0 fully saturated rings. The van der Waals surface area contributed by atoms with E-state index in [0.717, 1.165) is 25.3 Å². The van der Waals surface area contributed by atoms with Crippen LogP contribution in [0.5, 0.6) is 0 Å². The van der Waals surface area contributed by atoms with Crippen molar-refractivity contribution in [3.05, 3.63) is 72.5 Å². The van der Waals surface area contributed by atoms with Crippen LogP contribution in [0.25, 0.3) is 10.2 Å². The van der Waals surface area contributed by atoms with Gasteiger partial charge >= 0.3 is 0 Å². The smallest absolute Gasteiger partial charge is 0.204 e. The van der Waals surface area contributed by atoms with E-state index in [1.807, 2.05) is 54.6 Å². The minimum atomic E-state index is 0.696. The molecule has 0 aliphatic carbocycles. The number of rotatable bonds is 5. The first kappa shape index (κ1) is 15.0. The van der Waals surface area contributed by atoms with Crippen LogP contribution in [-0.4, -0.2) is 11.2 Å². The molecule has 4 aromatic rings. The lowest BCUT2D eigenvalue weighted by molar-refractivity contribution is 0.469. The van der Waals surface area contributed by atoms with Gasteiger partial charge in [0.25, 0.3) is 0 Å². The lowest BCUT2D eigenvalue weighted by Gasteiger charge is -1.96. The molecule has 0 saturated carbocycles. The number of nitrogens with one attached hydrogen (secondary N) is 1. The van der Waals surface area contributed by atoms with Crippen LogP contribution in [0.4, 0.5) is 5.13 Å². The number of fused-ring (bicyclic) bond motifs is 1. The summed E-state index contributed by atoms with van der Waals surface area (Å²) in [5.41, 5.74) is 3.92. The van der Waals surface area contributed by atoms with Crippen molar-refractivity contribution in [2.24, 2.45) is 5.10 Å². The fourth-order valence-electron chi connectivity index (χ4n) is 2.13. The topological polar surface area (TPSA) is 50.4 Å². The Balaban J connectivity index is 1.41. The number of thiazole rings is 1. The Morgan fingerprint density at radius 1 is 1.00 bits per heavy atom. The molecule has 1 N–H and O–H groups in total. The van der Waals surface area contributed by atoms with Crippen molar-refractivity contribution in [2.45, 2.75) is 9.99 Å². The van der Waals surface area contributed by atoms with E-state index in [0.29, 0.717) is 5.76 Å². The van der Waals surface area contributed by atoms with Crippen molar-refractivity contribution in [1.82, 2.24) is 4.98 Å². The van der Waals surface area contributed by atoms with Crippen molar-refractivity contribution < 1.29 is 4.42 Å². The molecule has 0 atom stereocenters. The van der Waals surface area contributed by atoms with E-state index in [9.17, 15) is 0 Å². The predicted molar refractivity (Wildman–Crippen MR) is 100 cm³/mol. The number of nitrogens with zero attached hydrogens (tertiary/aromatic N) is 2. The van der Waals surface area contributed by atoms with Gasteiger partial charge in [-0.05, 0) is 36.4 Å². The Labute approximate surface area is 147 Å². The van der Waals surface area contributed by atoms with Crippen molar-refractivity contribution >= 4 is 44.7 Å². The first-order valence-corrected chi connectivity index (χ1v) is 8.97. The van der Waals surface area contributed by atoms with Crippen molar-refractivity contribution in [1.29, 1.82) is 0 Å². The molecule has 6 heteroatoms. The molecule has 4 rings (SSSR count). The van der Waals surface area contributed by atoms with Gasteiger partial charge in [0, 0.05) is 4.90 Å². The number of hydrogen-bond donors (Lipinski definition) is 1. The Bertz CT molecular complexity index is 943. The average molecular weight is 351 g/mol. The second-order valence-electron chi connectivity index (χ2n) is 4.93. The van der Waals surface area contributed by atoms with Gasteiger partial charge in [-0.15, -0.1) is 0 Å². The van der Waals surface area contributed by atoms with Gasteiger partial charge < -0.3 is 4.42 Å². The monoisotopic (exact) mass is 351 g/mol. The molecule has 0 spiro atoms. The zero-order valence-electron chi connectivity index (χ0n) is 12.5. The van der Waals surface area contributed by atoms with Crippen molar-refractivity contribution in [3.8, 4) is 0 Å². The second-order valence-corrected chi connectivity index (χ2v) is 7.04. The summed E-state index contributed by atoms with van der Waals surface area (Å²) in [5, 5.41) is 5.80. The number of furan rings is 1. The summed E-state index contributed by atoms with van der Waals surface area (Å²) in [6.07, 6.45) is 1.65. The minimum absolute atomic E-state index is 0.696. The molecule has 0 unspecified atom stereocenters. The van der Waals surface area contributed by atoms with Gasteiger partial charge in [-0.1, -0.05) is 53.4 Å². The third-order valence-electron chi connectivity index (χ3n) is 3.21. The van der Waals surface area contributed by atoms with Gasteiger partial charge in [0.2, 0.25) is 5.13 Å². The van der Waals surface area contributed by atoms with E-state index in [1.165, 1.54) is 0 Å². The summed E-state index contributed by atoms with van der Waals surface area (Å²) in [7, 11) is 0. The molecule has 0 aliphatic rings. The lowest BCUT2D eigenvalue weighted by Crippen LogP contribution is -1.88.